The van der Waals surface area contributed by atoms with Crippen LogP contribution in [0.3, 0.4) is 0 Å². The van der Waals surface area contributed by atoms with Gasteiger partial charge in [-0.1, -0.05) is 27.7 Å². The summed E-state index contributed by atoms with van der Waals surface area (Å²) in [5, 5.41) is 3.25. The zero-order chi connectivity index (χ0) is 15.3. The number of hydrogen-bond donors (Lipinski definition) is 1. The highest BCUT2D eigenvalue weighted by molar-refractivity contribution is 5.70. The van der Waals surface area contributed by atoms with Crippen molar-refractivity contribution in [2.75, 3.05) is 12.4 Å². The molecule has 0 bridgehead atoms. The third kappa shape index (κ3) is 4.79. The summed E-state index contributed by atoms with van der Waals surface area (Å²) in [5.41, 5.74) is 1.01. The Labute approximate surface area is 121 Å². The number of esters is 1. The first-order chi connectivity index (χ1) is 9.33. The molecule has 1 aromatic heterocycles. The van der Waals surface area contributed by atoms with Crippen LogP contribution in [0.15, 0.2) is 6.07 Å². The molecule has 0 amide bonds. The molecule has 0 fully saturated rings. The number of nitrogens with one attached hydrogen (secondary N) is 1. The summed E-state index contributed by atoms with van der Waals surface area (Å²) in [4.78, 5) is 20.4. The van der Waals surface area contributed by atoms with Gasteiger partial charge in [-0.25, -0.2) is 9.97 Å². The molecule has 0 aliphatic rings. The van der Waals surface area contributed by atoms with Crippen LogP contribution in [0.25, 0.3) is 0 Å². The second-order valence-electron chi connectivity index (χ2n) is 5.67. The maximum absolute atomic E-state index is 11.3. The van der Waals surface area contributed by atoms with Gasteiger partial charge in [0.15, 0.2) is 0 Å². The van der Waals surface area contributed by atoms with Crippen molar-refractivity contribution in [3.8, 4) is 0 Å². The molecule has 0 aromatic carbocycles. The van der Waals surface area contributed by atoms with Crippen LogP contribution < -0.4 is 5.32 Å². The minimum atomic E-state index is -0.229. The standard InChI is InChI=1S/C15H25N3O2/c1-9(2)12-8-13(18-15(17-12)10(3)4)16-11(5)7-14(19)20-6/h8-11H,7H2,1-6H3,(H,16,17,18). The lowest BCUT2D eigenvalue weighted by atomic mass is 10.1. The van der Waals surface area contributed by atoms with Gasteiger partial charge in [-0.2, -0.15) is 0 Å². The van der Waals surface area contributed by atoms with Gasteiger partial charge in [0.1, 0.15) is 11.6 Å². The van der Waals surface area contributed by atoms with Crippen LogP contribution in [0.1, 0.15) is 64.4 Å². The van der Waals surface area contributed by atoms with Gasteiger partial charge in [-0.3, -0.25) is 4.79 Å². The van der Waals surface area contributed by atoms with E-state index >= 15 is 0 Å². The first-order valence-electron chi connectivity index (χ1n) is 7.05. The third-order valence-electron chi connectivity index (χ3n) is 2.97. The summed E-state index contributed by atoms with van der Waals surface area (Å²) in [5.74, 6) is 1.97. The van der Waals surface area contributed by atoms with E-state index in [4.69, 9.17) is 0 Å². The fourth-order valence-corrected chi connectivity index (χ4v) is 1.75. The molecule has 0 saturated heterocycles. The van der Waals surface area contributed by atoms with Crippen molar-refractivity contribution in [3.63, 3.8) is 0 Å². The Morgan fingerprint density at radius 1 is 1.20 bits per heavy atom. The molecular weight excluding hydrogens is 254 g/mol. The molecule has 0 spiro atoms. The Kier molecular flexibility index (Phi) is 5.92. The molecule has 1 N–H and O–H groups in total. The first-order valence-corrected chi connectivity index (χ1v) is 7.05. The summed E-state index contributed by atoms with van der Waals surface area (Å²) < 4.78 is 4.67. The number of ether oxygens (including phenoxy) is 1. The van der Waals surface area contributed by atoms with Gasteiger partial charge in [-0.15, -0.1) is 0 Å². The lowest BCUT2D eigenvalue weighted by Crippen LogP contribution is -2.21. The molecule has 1 unspecified atom stereocenters. The molecule has 1 aromatic rings. The zero-order valence-electron chi connectivity index (χ0n) is 13.2. The minimum absolute atomic E-state index is 0.0302. The number of methoxy groups -OCH3 is 1. The number of aromatic nitrogens is 2. The Morgan fingerprint density at radius 3 is 2.35 bits per heavy atom. The van der Waals surface area contributed by atoms with E-state index in [9.17, 15) is 4.79 Å². The number of carbonyl (C=O) groups is 1. The van der Waals surface area contributed by atoms with Crippen molar-refractivity contribution in [1.82, 2.24) is 9.97 Å². The number of anilines is 1. The lowest BCUT2D eigenvalue weighted by molar-refractivity contribution is -0.140. The topological polar surface area (TPSA) is 64.1 Å². The predicted molar refractivity (Wildman–Crippen MR) is 79.9 cm³/mol. The van der Waals surface area contributed by atoms with Gasteiger partial charge < -0.3 is 10.1 Å². The molecule has 1 atom stereocenters. The van der Waals surface area contributed by atoms with Crippen molar-refractivity contribution in [2.24, 2.45) is 0 Å². The predicted octanol–water partition coefficient (Wildman–Crippen LogP) is 3.09. The fourth-order valence-electron chi connectivity index (χ4n) is 1.75. The zero-order valence-corrected chi connectivity index (χ0v) is 13.2. The second-order valence-corrected chi connectivity index (χ2v) is 5.67. The molecule has 5 heteroatoms. The number of carbonyl (C=O) groups excluding carboxylic acids is 1. The molecule has 112 valence electrons. The summed E-state index contributed by atoms with van der Waals surface area (Å²) >= 11 is 0. The van der Waals surface area contributed by atoms with E-state index in [0.29, 0.717) is 12.3 Å². The molecule has 20 heavy (non-hydrogen) atoms. The van der Waals surface area contributed by atoms with Gasteiger partial charge in [0.2, 0.25) is 0 Å². The van der Waals surface area contributed by atoms with E-state index < -0.39 is 0 Å². The first kappa shape index (κ1) is 16.4. The summed E-state index contributed by atoms with van der Waals surface area (Å²) in [6.07, 6.45) is 0.314. The molecule has 0 saturated carbocycles. The molecule has 1 heterocycles. The maximum Gasteiger partial charge on any atom is 0.307 e. The van der Waals surface area contributed by atoms with Crippen molar-refractivity contribution in [1.29, 1.82) is 0 Å². The van der Waals surface area contributed by atoms with E-state index in [2.05, 4.69) is 47.7 Å². The van der Waals surface area contributed by atoms with Crippen molar-refractivity contribution in [3.05, 3.63) is 17.6 Å². The van der Waals surface area contributed by atoms with Gasteiger partial charge >= 0.3 is 5.97 Å². The summed E-state index contributed by atoms with van der Waals surface area (Å²) in [7, 11) is 1.40. The Bertz CT molecular complexity index is 432. The average molecular weight is 279 g/mol. The van der Waals surface area contributed by atoms with Crippen LogP contribution in [-0.4, -0.2) is 29.1 Å². The van der Waals surface area contributed by atoms with Crippen molar-refractivity contribution in [2.45, 2.75) is 58.9 Å². The summed E-state index contributed by atoms with van der Waals surface area (Å²) in [6.45, 7) is 10.3. The lowest BCUT2D eigenvalue weighted by Gasteiger charge is -2.17. The summed E-state index contributed by atoms with van der Waals surface area (Å²) in [6, 6.07) is 1.92. The van der Waals surface area contributed by atoms with E-state index in [1.54, 1.807) is 0 Å². The molecule has 0 aliphatic carbocycles. The molecule has 0 aliphatic heterocycles. The Balaban J connectivity index is 2.90. The van der Waals surface area contributed by atoms with Crippen LogP contribution in [-0.2, 0) is 9.53 Å². The normalized spacial score (nSPS) is 12.6. The second kappa shape index (κ2) is 7.22. The van der Waals surface area contributed by atoms with Crippen LogP contribution >= 0.6 is 0 Å². The number of rotatable bonds is 6. The van der Waals surface area contributed by atoms with Gasteiger partial charge in [-0.05, 0) is 12.8 Å². The van der Waals surface area contributed by atoms with E-state index in [-0.39, 0.29) is 17.9 Å². The van der Waals surface area contributed by atoms with Crippen molar-refractivity contribution >= 4 is 11.8 Å². The highest BCUT2D eigenvalue weighted by atomic mass is 16.5. The molecule has 1 rings (SSSR count). The van der Waals surface area contributed by atoms with Crippen LogP contribution in [0.5, 0.6) is 0 Å². The number of nitrogens with zero attached hydrogens (tertiary/aromatic N) is 2. The van der Waals surface area contributed by atoms with Crippen molar-refractivity contribution < 1.29 is 9.53 Å². The highest BCUT2D eigenvalue weighted by Gasteiger charge is 2.13. The molecule has 0 radical (unpaired) electrons. The smallest absolute Gasteiger partial charge is 0.307 e. The third-order valence-corrected chi connectivity index (χ3v) is 2.97. The quantitative estimate of drug-likeness (QED) is 0.811. The van der Waals surface area contributed by atoms with E-state index in [1.807, 2.05) is 13.0 Å². The van der Waals surface area contributed by atoms with Gasteiger partial charge in [0, 0.05) is 23.7 Å². The largest absolute Gasteiger partial charge is 0.469 e. The Morgan fingerprint density at radius 2 is 1.85 bits per heavy atom. The van der Waals surface area contributed by atoms with Crippen LogP contribution in [0.2, 0.25) is 0 Å². The minimum Gasteiger partial charge on any atom is -0.469 e. The monoisotopic (exact) mass is 279 g/mol. The molecule has 5 nitrogen and oxygen atoms in total. The average Bonchev–Trinajstić information content (AvgIpc) is 2.37. The van der Waals surface area contributed by atoms with E-state index in [1.165, 1.54) is 7.11 Å². The number of hydrogen-bond acceptors (Lipinski definition) is 5. The van der Waals surface area contributed by atoms with E-state index in [0.717, 1.165) is 17.3 Å². The SMILES string of the molecule is COC(=O)CC(C)Nc1cc(C(C)C)nc(C(C)C)n1. The highest BCUT2D eigenvalue weighted by Crippen LogP contribution is 2.20. The van der Waals surface area contributed by atoms with Gasteiger partial charge in [0.05, 0.1) is 13.5 Å². The van der Waals surface area contributed by atoms with Gasteiger partial charge in [0.25, 0.3) is 0 Å². The van der Waals surface area contributed by atoms with Crippen LogP contribution in [0.4, 0.5) is 5.82 Å². The van der Waals surface area contributed by atoms with Crippen LogP contribution in [0, 0.1) is 0 Å². The fraction of sp³-hybridized carbons (Fsp3) is 0.667. The molecular formula is C15H25N3O2. The Hall–Kier alpha value is -1.65. The maximum atomic E-state index is 11.3.